The van der Waals surface area contributed by atoms with Gasteiger partial charge in [-0.25, -0.2) is 4.68 Å². The molecule has 0 spiro atoms. The number of primary amides is 1. The number of nitrogens with two attached hydrogens (primary N) is 1. The van der Waals surface area contributed by atoms with Gasteiger partial charge in [-0.2, -0.15) is 5.10 Å². The third-order valence-electron chi connectivity index (χ3n) is 5.81. The topological polar surface area (TPSA) is 99.2 Å². The Bertz CT molecular complexity index is 971. The molecule has 0 radical (unpaired) electrons. The first kappa shape index (κ1) is 19.6. The summed E-state index contributed by atoms with van der Waals surface area (Å²) in [5.74, 6) is -0.324. The van der Waals surface area contributed by atoms with Crippen molar-refractivity contribution in [3.05, 3.63) is 40.7 Å². The Morgan fingerprint density at radius 2 is 2.00 bits per heavy atom. The Hall–Kier alpha value is -2.67. The Kier molecular flexibility index (Phi) is 4.94. The number of fused-ring (bicyclic) bond motifs is 1. The third-order valence-corrected chi connectivity index (χ3v) is 5.81. The van der Waals surface area contributed by atoms with Crippen molar-refractivity contribution in [1.82, 2.24) is 9.78 Å². The van der Waals surface area contributed by atoms with Crippen molar-refractivity contribution < 1.29 is 14.3 Å². The molecule has 2 heterocycles. The maximum absolute atomic E-state index is 12.7. The first-order chi connectivity index (χ1) is 13.7. The van der Waals surface area contributed by atoms with Gasteiger partial charge < -0.3 is 15.8 Å². The summed E-state index contributed by atoms with van der Waals surface area (Å²) in [5, 5.41) is 8.14. The predicted octanol–water partition coefficient (Wildman–Crippen LogP) is 3.03. The van der Waals surface area contributed by atoms with Crippen LogP contribution in [0.25, 0.3) is 5.69 Å². The number of ether oxygens (including phenoxy) is 1. The predicted molar refractivity (Wildman–Crippen MR) is 111 cm³/mol. The van der Waals surface area contributed by atoms with Crippen molar-refractivity contribution in [2.75, 3.05) is 18.5 Å². The number of nitrogens with zero attached hydrogens (tertiary/aromatic N) is 2. The molecule has 1 aliphatic carbocycles. The van der Waals surface area contributed by atoms with Crippen LogP contribution in [0.2, 0.25) is 0 Å². The van der Waals surface area contributed by atoms with Crippen molar-refractivity contribution in [2.45, 2.75) is 52.5 Å². The Morgan fingerprint density at radius 3 is 2.69 bits per heavy atom. The number of ketones is 1. The third kappa shape index (κ3) is 3.79. The molecule has 1 fully saturated rings. The quantitative estimate of drug-likeness (QED) is 0.828. The standard InChI is InChI=1S/C22H28N4O3/c1-13-20-18(11-22(2,3)12-19(20)27)26(25-13)15-4-5-16(21(23)28)17(10-15)24-14-6-8-29-9-7-14/h4-5,10,14,24H,6-9,11-12H2,1-3H3,(H2,23,28). The van der Waals surface area contributed by atoms with E-state index in [0.29, 0.717) is 30.9 Å². The first-order valence-electron chi connectivity index (χ1n) is 10.2. The van der Waals surface area contributed by atoms with Crippen molar-refractivity contribution in [2.24, 2.45) is 11.1 Å². The van der Waals surface area contributed by atoms with Crippen LogP contribution in [-0.4, -0.2) is 40.7 Å². The van der Waals surface area contributed by atoms with Crippen LogP contribution in [0.3, 0.4) is 0 Å². The number of Topliss-reactive ketones (excluding diaryl/α,β-unsaturated/α-hetero) is 1. The van der Waals surface area contributed by atoms with Gasteiger partial charge in [-0.15, -0.1) is 0 Å². The molecule has 1 aromatic carbocycles. The minimum absolute atomic E-state index is 0.106. The van der Waals surface area contributed by atoms with E-state index < -0.39 is 5.91 Å². The zero-order valence-electron chi connectivity index (χ0n) is 17.2. The summed E-state index contributed by atoms with van der Waals surface area (Å²) >= 11 is 0. The number of anilines is 1. The SMILES string of the molecule is Cc1nn(-c2ccc(C(N)=O)c(NC3CCOCC3)c2)c2c1C(=O)CC(C)(C)C2. The molecule has 7 nitrogen and oxygen atoms in total. The number of aryl methyl sites for hydroxylation is 1. The molecule has 0 saturated carbocycles. The molecule has 29 heavy (non-hydrogen) atoms. The van der Waals surface area contributed by atoms with E-state index in [1.165, 1.54) is 0 Å². The summed E-state index contributed by atoms with van der Waals surface area (Å²) in [7, 11) is 0. The monoisotopic (exact) mass is 396 g/mol. The summed E-state index contributed by atoms with van der Waals surface area (Å²) in [6, 6.07) is 5.71. The minimum atomic E-state index is -0.471. The lowest BCUT2D eigenvalue weighted by Crippen LogP contribution is -2.29. The fraction of sp³-hybridized carbons (Fsp3) is 0.500. The summed E-state index contributed by atoms with van der Waals surface area (Å²) < 4.78 is 7.28. The largest absolute Gasteiger partial charge is 0.381 e. The van der Waals surface area contributed by atoms with Gasteiger partial charge >= 0.3 is 0 Å². The molecule has 1 aromatic heterocycles. The van der Waals surface area contributed by atoms with E-state index in [1.807, 2.05) is 23.7 Å². The smallest absolute Gasteiger partial charge is 0.250 e. The number of aromatic nitrogens is 2. The number of hydrogen-bond acceptors (Lipinski definition) is 5. The summed E-state index contributed by atoms with van der Waals surface area (Å²) in [5.41, 5.74) is 9.90. The van der Waals surface area contributed by atoms with E-state index in [4.69, 9.17) is 10.5 Å². The van der Waals surface area contributed by atoms with Gasteiger partial charge in [-0.1, -0.05) is 13.8 Å². The van der Waals surface area contributed by atoms with Crippen LogP contribution in [-0.2, 0) is 11.2 Å². The lowest BCUT2D eigenvalue weighted by atomic mass is 9.75. The van der Waals surface area contributed by atoms with Gasteiger partial charge in [0.05, 0.1) is 28.2 Å². The minimum Gasteiger partial charge on any atom is -0.381 e. The van der Waals surface area contributed by atoms with Gasteiger partial charge in [0, 0.05) is 31.4 Å². The number of amides is 1. The average Bonchev–Trinajstić information content (AvgIpc) is 2.97. The van der Waals surface area contributed by atoms with Gasteiger partial charge in [0.1, 0.15) is 0 Å². The highest BCUT2D eigenvalue weighted by atomic mass is 16.5. The highest BCUT2D eigenvalue weighted by molar-refractivity contribution is 6.00. The molecule has 7 heteroatoms. The Labute approximate surface area is 170 Å². The molecule has 0 atom stereocenters. The zero-order chi connectivity index (χ0) is 20.8. The maximum Gasteiger partial charge on any atom is 0.250 e. The molecule has 2 aromatic rings. The highest BCUT2D eigenvalue weighted by Crippen LogP contribution is 2.37. The second-order valence-electron chi connectivity index (χ2n) is 8.88. The fourth-order valence-corrected chi connectivity index (χ4v) is 4.41. The average molecular weight is 396 g/mol. The van der Waals surface area contributed by atoms with E-state index in [9.17, 15) is 9.59 Å². The first-order valence-corrected chi connectivity index (χ1v) is 10.2. The normalized spacial score (nSPS) is 19.1. The van der Waals surface area contributed by atoms with Crippen molar-refractivity contribution in [3.8, 4) is 5.69 Å². The van der Waals surface area contributed by atoms with Crippen LogP contribution in [0.15, 0.2) is 18.2 Å². The van der Waals surface area contributed by atoms with Gasteiger partial charge in [0.15, 0.2) is 5.78 Å². The molecular formula is C22H28N4O3. The van der Waals surface area contributed by atoms with E-state index in [-0.39, 0.29) is 17.2 Å². The van der Waals surface area contributed by atoms with Crippen LogP contribution >= 0.6 is 0 Å². The molecule has 1 amide bonds. The van der Waals surface area contributed by atoms with Crippen LogP contribution in [0.4, 0.5) is 5.69 Å². The zero-order valence-corrected chi connectivity index (χ0v) is 17.2. The van der Waals surface area contributed by atoms with Crippen molar-refractivity contribution >= 4 is 17.4 Å². The number of carbonyl (C=O) groups is 2. The molecule has 1 saturated heterocycles. The molecule has 0 bridgehead atoms. The number of carbonyl (C=O) groups excluding carboxylic acids is 2. The second kappa shape index (κ2) is 7.30. The molecule has 0 unspecified atom stereocenters. The van der Waals surface area contributed by atoms with Gasteiger partial charge in [0.2, 0.25) is 0 Å². The van der Waals surface area contributed by atoms with Crippen LogP contribution in [0, 0.1) is 12.3 Å². The van der Waals surface area contributed by atoms with Crippen molar-refractivity contribution in [1.29, 1.82) is 0 Å². The number of benzene rings is 1. The Morgan fingerprint density at radius 1 is 1.28 bits per heavy atom. The highest BCUT2D eigenvalue weighted by Gasteiger charge is 2.35. The second-order valence-corrected chi connectivity index (χ2v) is 8.88. The summed E-state index contributed by atoms with van der Waals surface area (Å²) in [4.78, 5) is 24.7. The van der Waals surface area contributed by atoms with Crippen LogP contribution in [0.5, 0.6) is 0 Å². The van der Waals surface area contributed by atoms with Crippen molar-refractivity contribution in [3.63, 3.8) is 0 Å². The molecule has 154 valence electrons. The van der Waals surface area contributed by atoms with E-state index in [1.54, 1.807) is 6.07 Å². The Balaban J connectivity index is 1.76. The number of hydrogen-bond donors (Lipinski definition) is 2. The number of nitrogens with one attached hydrogen (secondary N) is 1. The molecule has 2 aliphatic rings. The van der Waals surface area contributed by atoms with Crippen LogP contribution < -0.4 is 11.1 Å². The molecule has 4 rings (SSSR count). The van der Waals surface area contributed by atoms with E-state index in [2.05, 4.69) is 24.3 Å². The van der Waals surface area contributed by atoms with E-state index >= 15 is 0 Å². The van der Waals surface area contributed by atoms with Crippen LogP contribution in [0.1, 0.15) is 65.2 Å². The summed E-state index contributed by atoms with van der Waals surface area (Å²) in [6.07, 6.45) is 3.06. The lowest BCUT2D eigenvalue weighted by Gasteiger charge is -2.29. The fourth-order valence-electron chi connectivity index (χ4n) is 4.41. The van der Waals surface area contributed by atoms with Gasteiger partial charge in [-0.05, 0) is 49.8 Å². The molecular weight excluding hydrogens is 368 g/mol. The summed E-state index contributed by atoms with van der Waals surface area (Å²) in [6.45, 7) is 7.49. The number of rotatable bonds is 4. The van der Waals surface area contributed by atoms with E-state index in [0.717, 1.165) is 41.9 Å². The molecule has 3 N–H and O–H groups in total. The molecule has 1 aliphatic heterocycles. The van der Waals surface area contributed by atoms with Gasteiger partial charge in [0.25, 0.3) is 5.91 Å². The van der Waals surface area contributed by atoms with Gasteiger partial charge in [-0.3, -0.25) is 9.59 Å². The maximum atomic E-state index is 12.7. The lowest BCUT2D eigenvalue weighted by molar-refractivity contribution is 0.0902.